The first-order valence-corrected chi connectivity index (χ1v) is 3.96. The van der Waals surface area contributed by atoms with Gasteiger partial charge in [-0.3, -0.25) is 0 Å². The van der Waals surface area contributed by atoms with Crippen molar-refractivity contribution in [3.8, 4) is 11.8 Å². The minimum atomic E-state index is 0.754. The molecule has 0 aromatic rings. The summed E-state index contributed by atoms with van der Waals surface area (Å²) in [5, 5.41) is 0. The van der Waals surface area contributed by atoms with E-state index in [9.17, 15) is 0 Å². The predicted molar refractivity (Wildman–Crippen MR) is 44.5 cm³/mol. The Morgan fingerprint density at radius 3 is 3.00 bits per heavy atom. The van der Waals surface area contributed by atoms with Crippen molar-refractivity contribution < 1.29 is 0 Å². The molecule has 0 bridgehead atoms. The van der Waals surface area contributed by atoms with Gasteiger partial charge < -0.3 is 0 Å². The summed E-state index contributed by atoms with van der Waals surface area (Å²) in [6, 6.07) is 0. The van der Waals surface area contributed by atoms with Crippen molar-refractivity contribution in [1.29, 1.82) is 0 Å². The molecule has 0 aromatic carbocycles. The number of hydrogen-bond donors (Lipinski definition) is 0. The number of rotatable bonds is 0. The highest BCUT2D eigenvalue weighted by molar-refractivity contribution is 5.29. The van der Waals surface area contributed by atoms with Crippen LogP contribution in [0.5, 0.6) is 0 Å². The van der Waals surface area contributed by atoms with E-state index in [2.05, 4.69) is 24.8 Å². The molecule has 0 spiro atoms. The highest BCUT2D eigenvalue weighted by atomic mass is 14.1. The molecular weight excluding hydrogens is 120 g/mol. The summed E-state index contributed by atoms with van der Waals surface area (Å²) in [5.41, 5.74) is 1.35. The van der Waals surface area contributed by atoms with E-state index in [-0.39, 0.29) is 0 Å². The van der Waals surface area contributed by atoms with E-state index in [0.717, 1.165) is 5.92 Å². The van der Waals surface area contributed by atoms with E-state index in [1.54, 1.807) is 0 Å². The average molecular weight is 134 g/mol. The quantitative estimate of drug-likeness (QED) is 0.447. The SMILES string of the molecule is CC#CC1=CC(C)CCC1. The van der Waals surface area contributed by atoms with E-state index < -0.39 is 0 Å². The van der Waals surface area contributed by atoms with Crippen LogP contribution in [-0.4, -0.2) is 0 Å². The van der Waals surface area contributed by atoms with Crippen LogP contribution >= 0.6 is 0 Å². The number of hydrogen-bond acceptors (Lipinski definition) is 0. The summed E-state index contributed by atoms with van der Waals surface area (Å²) in [7, 11) is 0. The zero-order valence-electron chi connectivity index (χ0n) is 6.78. The number of allylic oxidation sites excluding steroid dienone is 2. The summed E-state index contributed by atoms with van der Waals surface area (Å²) < 4.78 is 0. The Labute approximate surface area is 63.3 Å². The lowest BCUT2D eigenvalue weighted by Gasteiger charge is -2.13. The molecule has 1 atom stereocenters. The third kappa shape index (κ3) is 1.92. The van der Waals surface area contributed by atoms with E-state index >= 15 is 0 Å². The van der Waals surface area contributed by atoms with Gasteiger partial charge >= 0.3 is 0 Å². The summed E-state index contributed by atoms with van der Waals surface area (Å²) >= 11 is 0. The molecule has 0 radical (unpaired) electrons. The lowest BCUT2D eigenvalue weighted by Crippen LogP contribution is -1.98. The van der Waals surface area contributed by atoms with Gasteiger partial charge in [0, 0.05) is 0 Å². The second kappa shape index (κ2) is 3.46. The van der Waals surface area contributed by atoms with Gasteiger partial charge in [-0.15, -0.1) is 5.92 Å². The molecule has 1 unspecified atom stereocenters. The van der Waals surface area contributed by atoms with Crippen LogP contribution < -0.4 is 0 Å². The lowest BCUT2D eigenvalue weighted by molar-refractivity contribution is 0.575. The standard InChI is InChI=1S/C10H14/c1-3-5-10-7-4-6-9(2)8-10/h8-9H,4,6-7H2,1-2H3. The van der Waals surface area contributed by atoms with Gasteiger partial charge in [-0.1, -0.05) is 18.9 Å². The van der Waals surface area contributed by atoms with E-state index in [0.29, 0.717) is 0 Å². The van der Waals surface area contributed by atoms with Crippen molar-refractivity contribution in [3.05, 3.63) is 11.6 Å². The monoisotopic (exact) mass is 134 g/mol. The Kier molecular flexibility index (Phi) is 2.57. The van der Waals surface area contributed by atoms with Crippen molar-refractivity contribution in [2.75, 3.05) is 0 Å². The van der Waals surface area contributed by atoms with Gasteiger partial charge in [-0.2, -0.15) is 0 Å². The third-order valence-electron chi connectivity index (χ3n) is 1.88. The molecule has 0 amide bonds. The van der Waals surface area contributed by atoms with E-state index in [1.807, 2.05) is 6.92 Å². The van der Waals surface area contributed by atoms with Crippen molar-refractivity contribution in [2.45, 2.75) is 33.1 Å². The Balaban J connectivity index is 2.63. The van der Waals surface area contributed by atoms with Gasteiger partial charge in [-0.25, -0.2) is 0 Å². The van der Waals surface area contributed by atoms with E-state index in [4.69, 9.17) is 0 Å². The molecule has 54 valence electrons. The second-order valence-corrected chi connectivity index (χ2v) is 2.94. The molecule has 0 aliphatic heterocycles. The first-order chi connectivity index (χ1) is 4.83. The molecule has 1 aliphatic rings. The van der Waals surface area contributed by atoms with Crippen LogP contribution in [0.2, 0.25) is 0 Å². The van der Waals surface area contributed by atoms with Crippen LogP contribution in [0.3, 0.4) is 0 Å². The Bertz CT molecular complexity index is 188. The highest BCUT2D eigenvalue weighted by Gasteiger charge is 2.06. The van der Waals surface area contributed by atoms with Gasteiger partial charge in [0.1, 0.15) is 0 Å². The molecule has 0 heterocycles. The Hall–Kier alpha value is -0.700. The van der Waals surface area contributed by atoms with Gasteiger partial charge in [0.2, 0.25) is 0 Å². The fourth-order valence-corrected chi connectivity index (χ4v) is 1.39. The van der Waals surface area contributed by atoms with Crippen LogP contribution in [0.4, 0.5) is 0 Å². The maximum atomic E-state index is 3.13. The van der Waals surface area contributed by atoms with E-state index in [1.165, 1.54) is 24.8 Å². The molecule has 0 nitrogen and oxygen atoms in total. The normalized spacial score (nSPS) is 24.6. The fourth-order valence-electron chi connectivity index (χ4n) is 1.39. The van der Waals surface area contributed by atoms with Crippen molar-refractivity contribution in [3.63, 3.8) is 0 Å². The first-order valence-electron chi connectivity index (χ1n) is 3.96. The van der Waals surface area contributed by atoms with Crippen molar-refractivity contribution >= 4 is 0 Å². The predicted octanol–water partition coefficient (Wildman–Crippen LogP) is 2.76. The highest BCUT2D eigenvalue weighted by Crippen LogP contribution is 2.21. The summed E-state index contributed by atoms with van der Waals surface area (Å²) in [6.07, 6.45) is 6.17. The van der Waals surface area contributed by atoms with Crippen LogP contribution in [0.25, 0.3) is 0 Å². The van der Waals surface area contributed by atoms with Crippen molar-refractivity contribution in [1.82, 2.24) is 0 Å². The third-order valence-corrected chi connectivity index (χ3v) is 1.88. The molecule has 0 N–H and O–H groups in total. The minimum absolute atomic E-state index is 0.754. The van der Waals surface area contributed by atoms with Gasteiger partial charge in [0.25, 0.3) is 0 Å². The molecular formula is C10H14. The van der Waals surface area contributed by atoms with Gasteiger partial charge in [-0.05, 0) is 37.7 Å². The molecule has 0 saturated carbocycles. The van der Waals surface area contributed by atoms with Gasteiger partial charge in [0.05, 0.1) is 0 Å². The molecule has 1 aliphatic carbocycles. The molecule has 0 fully saturated rings. The Morgan fingerprint density at radius 1 is 1.60 bits per heavy atom. The van der Waals surface area contributed by atoms with Crippen LogP contribution in [0.1, 0.15) is 33.1 Å². The minimum Gasteiger partial charge on any atom is -0.102 e. The molecule has 0 heteroatoms. The molecule has 0 aromatic heterocycles. The Morgan fingerprint density at radius 2 is 2.40 bits per heavy atom. The first kappa shape index (κ1) is 7.41. The molecule has 0 saturated heterocycles. The largest absolute Gasteiger partial charge is 0.102 e. The summed E-state index contributed by atoms with van der Waals surface area (Å²) in [6.45, 7) is 4.16. The second-order valence-electron chi connectivity index (χ2n) is 2.94. The fraction of sp³-hybridized carbons (Fsp3) is 0.600. The molecule has 1 rings (SSSR count). The average Bonchev–Trinajstić information content (AvgIpc) is 1.88. The smallest absolute Gasteiger partial charge is 0.00170 e. The topological polar surface area (TPSA) is 0 Å². The van der Waals surface area contributed by atoms with Gasteiger partial charge in [0.15, 0.2) is 0 Å². The van der Waals surface area contributed by atoms with Crippen molar-refractivity contribution in [2.24, 2.45) is 5.92 Å². The van der Waals surface area contributed by atoms with Crippen LogP contribution in [-0.2, 0) is 0 Å². The summed E-state index contributed by atoms with van der Waals surface area (Å²) in [5.74, 6) is 6.82. The maximum Gasteiger partial charge on any atom is -0.00170 e. The van der Waals surface area contributed by atoms with Crippen LogP contribution in [0.15, 0.2) is 11.6 Å². The van der Waals surface area contributed by atoms with Crippen LogP contribution in [0, 0.1) is 17.8 Å². The lowest BCUT2D eigenvalue weighted by atomic mass is 9.92. The zero-order chi connectivity index (χ0) is 7.40. The summed E-state index contributed by atoms with van der Waals surface area (Å²) in [4.78, 5) is 0. The zero-order valence-corrected chi connectivity index (χ0v) is 6.78. The maximum absolute atomic E-state index is 3.13. The molecule has 10 heavy (non-hydrogen) atoms.